The zero-order chi connectivity index (χ0) is 14.2. The Hall–Kier alpha value is -1.16. The SMILES string of the molecule is CN=C(NCCSC)N1CCC(Cc2ccccc2)C1. The molecule has 1 fully saturated rings. The van der Waals surface area contributed by atoms with Crippen LogP contribution in [0.1, 0.15) is 12.0 Å². The lowest BCUT2D eigenvalue weighted by Gasteiger charge is -2.21. The molecule has 1 saturated heterocycles. The Bertz CT molecular complexity index is 419. The van der Waals surface area contributed by atoms with E-state index < -0.39 is 0 Å². The number of hydrogen-bond acceptors (Lipinski definition) is 2. The number of guanidine groups is 1. The Balaban J connectivity index is 1.82. The minimum atomic E-state index is 0.747. The lowest BCUT2D eigenvalue weighted by molar-refractivity contribution is 0.462. The summed E-state index contributed by atoms with van der Waals surface area (Å²) in [5.74, 6) is 2.94. The lowest BCUT2D eigenvalue weighted by Crippen LogP contribution is -2.41. The van der Waals surface area contributed by atoms with Gasteiger partial charge in [-0.2, -0.15) is 11.8 Å². The van der Waals surface area contributed by atoms with Crippen molar-refractivity contribution in [3.63, 3.8) is 0 Å². The summed E-state index contributed by atoms with van der Waals surface area (Å²) in [4.78, 5) is 6.80. The molecule has 0 aromatic heterocycles. The molecule has 20 heavy (non-hydrogen) atoms. The summed E-state index contributed by atoms with van der Waals surface area (Å²) in [5, 5.41) is 3.45. The predicted molar refractivity (Wildman–Crippen MR) is 89.6 cm³/mol. The van der Waals surface area contributed by atoms with Crippen molar-refractivity contribution >= 4 is 17.7 Å². The van der Waals surface area contributed by atoms with Crippen molar-refractivity contribution < 1.29 is 0 Å². The molecule has 1 aromatic carbocycles. The van der Waals surface area contributed by atoms with Gasteiger partial charge in [-0.05, 0) is 30.6 Å². The third kappa shape index (κ3) is 4.44. The van der Waals surface area contributed by atoms with Crippen molar-refractivity contribution in [2.24, 2.45) is 10.9 Å². The number of nitrogens with zero attached hydrogens (tertiary/aromatic N) is 2. The van der Waals surface area contributed by atoms with Crippen LogP contribution in [0.2, 0.25) is 0 Å². The number of likely N-dealkylation sites (tertiary alicyclic amines) is 1. The topological polar surface area (TPSA) is 27.6 Å². The third-order valence-electron chi connectivity index (χ3n) is 3.75. The average Bonchev–Trinajstić information content (AvgIpc) is 2.93. The molecule has 1 aliphatic rings. The quantitative estimate of drug-likeness (QED) is 0.513. The average molecular weight is 291 g/mol. The maximum absolute atomic E-state index is 4.41. The molecule has 0 amide bonds. The first kappa shape index (κ1) is 15.2. The van der Waals surface area contributed by atoms with Crippen molar-refractivity contribution in [1.29, 1.82) is 0 Å². The fourth-order valence-electron chi connectivity index (χ4n) is 2.74. The van der Waals surface area contributed by atoms with Crippen LogP contribution in [-0.4, -0.2) is 49.6 Å². The standard InChI is InChI=1S/C16H25N3S/c1-17-16(18-9-11-20-2)19-10-8-15(13-19)12-14-6-4-3-5-7-14/h3-7,15H,8-13H2,1-2H3,(H,17,18). The predicted octanol–water partition coefficient (Wildman–Crippen LogP) is 2.49. The van der Waals surface area contributed by atoms with Crippen molar-refractivity contribution in [2.45, 2.75) is 12.8 Å². The number of aliphatic imine (C=N–C) groups is 1. The summed E-state index contributed by atoms with van der Waals surface area (Å²) < 4.78 is 0. The highest BCUT2D eigenvalue weighted by atomic mass is 32.2. The zero-order valence-corrected chi connectivity index (χ0v) is 13.3. The lowest BCUT2D eigenvalue weighted by atomic mass is 9.99. The first-order valence-corrected chi connectivity index (χ1v) is 8.71. The second kappa shape index (κ2) is 8.20. The van der Waals surface area contributed by atoms with Gasteiger partial charge >= 0.3 is 0 Å². The Morgan fingerprint density at radius 3 is 2.90 bits per heavy atom. The largest absolute Gasteiger partial charge is 0.355 e. The maximum Gasteiger partial charge on any atom is 0.193 e. The number of nitrogens with one attached hydrogen (secondary N) is 1. The van der Waals surface area contributed by atoms with Crippen LogP contribution >= 0.6 is 11.8 Å². The molecule has 0 aliphatic carbocycles. The first-order valence-electron chi connectivity index (χ1n) is 7.32. The van der Waals surface area contributed by atoms with Gasteiger partial charge in [0.15, 0.2) is 5.96 Å². The Kier molecular flexibility index (Phi) is 6.25. The highest BCUT2D eigenvalue weighted by molar-refractivity contribution is 7.98. The Morgan fingerprint density at radius 2 is 2.20 bits per heavy atom. The van der Waals surface area contributed by atoms with Gasteiger partial charge in [0.05, 0.1) is 0 Å². The molecule has 1 heterocycles. The zero-order valence-electron chi connectivity index (χ0n) is 12.5. The van der Waals surface area contributed by atoms with Gasteiger partial charge in [-0.25, -0.2) is 0 Å². The highest BCUT2D eigenvalue weighted by Gasteiger charge is 2.24. The van der Waals surface area contributed by atoms with E-state index in [1.54, 1.807) is 0 Å². The molecule has 0 radical (unpaired) electrons. The van der Waals surface area contributed by atoms with E-state index in [2.05, 4.69) is 51.8 Å². The summed E-state index contributed by atoms with van der Waals surface area (Å²) in [7, 11) is 1.88. The van der Waals surface area contributed by atoms with Gasteiger partial charge in [0, 0.05) is 32.4 Å². The molecule has 4 heteroatoms. The molecule has 2 rings (SSSR count). The molecule has 1 aliphatic heterocycles. The van der Waals surface area contributed by atoms with E-state index in [1.807, 2.05) is 18.8 Å². The van der Waals surface area contributed by atoms with Crippen molar-refractivity contribution in [3.05, 3.63) is 35.9 Å². The third-order valence-corrected chi connectivity index (χ3v) is 4.37. The van der Waals surface area contributed by atoms with E-state index in [-0.39, 0.29) is 0 Å². The van der Waals surface area contributed by atoms with E-state index in [0.29, 0.717) is 0 Å². The van der Waals surface area contributed by atoms with Gasteiger partial charge in [-0.3, -0.25) is 4.99 Å². The van der Waals surface area contributed by atoms with Gasteiger partial charge in [-0.1, -0.05) is 30.3 Å². The van der Waals surface area contributed by atoms with Gasteiger partial charge in [0.1, 0.15) is 0 Å². The molecule has 1 unspecified atom stereocenters. The molecule has 0 bridgehead atoms. The van der Waals surface area contributed by atoms with Crippen LogP contribution in [0.4, 0.5) is 0 Å². The second-order valence-electron chi connectivity index (χ2n) is 5.26. The van der Waals surface area contributed by atoms with Crippen molar-refractivity contribution in [1.82, 2.24) is 10.2 Å². The number of hydrogen-bond donors (Lipinski definition) is 1. The van der Waals surface area contributed by atoms with Crippen LogP contribution in [0.3, 0.4) is 0 Å². The maximum atomic E-state index is 4.41. The summed E-state index contributed by atoms with van der Waals surface area (Å²) in [6.45, 7) is 3.23. The van der Waals surface area contributed by atoms with Gasteiger partial charge in [-0.15, -0.1) is 0 Å². The Labute approximate surface area is 126 Å². The van der Waals surface area contributed by atoms with Gasteiger partial charge in [0.25, 0.3) is 0 Å². The first-order chi connectivity index (χ1) is 9.83. The molecule has 1 aromatic rings. The smallest absolute Gasteiger partial charge is 0.193 e. The van der Waals surface area contributed by atoms with E-state index in [4.69, 9.17) is 0 Å². The molecule has 0 saturated carbocycles. The van der Waals surface area contributed by atoms with Crippen LogP contribution < -0.4 is 5.32 Å². The van der Waals surface area contributed by atoms with Crippen molar-refractivity contribution in [2.75, 3.05) is 38.7 Å². The summed E-state index contributed by atoms with van der Waals surface area (Å²) >= 11 is 1.86. The molecule has 3 nitrogen and oxygen atoms in total. The summed E-state index contributed by atoms with van der Waals surface area (Å²) in [6.07, 6.45) is 4.58. The van der Waals surface area contributed by atoms with E-state index in [9.17, 15) is 0 Å². The second-order valence-corrected chi connectivity index (χ2v) is 6.24. The number of thioether (sulfide) groups is 1. The van der Waals surface area contributed by atoms with Crippen LogP contribution in [0.25, 0.3) is 0 Å². The summed E-state index contributed by atoms with van der Waals surface area (Å²) in [5.41, 5.74) is 1.45. The van der Waals surface area contributed by atoms with Crippen LogP contribution in [0.15, 0.2) is 35.3 Å². The van der Waals surface area contributed by atoms with Crippen LogP contribution in [-0.2, 0) is 6.42 Å². The molecular weight excluding hydrogens is 266 g/mol. The minimum absolute atomic E-state index is 0.747. The minimum Gasteiger partial charge on any atom is -0.355 e. The van der Waals surface area contributed by atoms with Gasteiger partial charge < -0.3 is 10.2 Å². The molecule has 0 spiro atoms. The number of benzene rings is 1. The Morgan fingerprint density at radius 1 is 1.40 bits per heavy atom. The molecular formula is C16H25N3S. The summed E-state index contributed by atoms with van der Waals surface area (Å²) in [6, 6.07) is 10.8. The molecule has 1 atom stereocenters. The van der Waals surface area contributed by atoms with Crippen molar-refractivity contribution in [3.8, 4) is 0 Å². The molecule has 110 valence electrons. The fraction of sp³-hybridized carbons (Fsp3) is 0.562. The normalized spacial score (nSPS) is 19.4. The van der Waals surface area contributed by atoms with Gasteiger partial charge in [0.2, 0.25) is 0 Å². The van der Waals surface area contributed by atoms with E-state index >= 15 is 0 Å². The van der Waals surface area contributed by atoms with E-state index in [0.717, 1.165) is 37.3 Å². The van der Waals surface area contributed by atoms with Crippen LogP contribution in [0, 0.1) is 5.92 Å². The number of rotatable bonds is 5. The molecule has 1 N–H and O–H groups in total. The van der Waals surface area contributed by atoms with Crippen LogP contribution in [0.5, 0.6) is 0 Å². The van der Waals surface area contributed by atoms with E-state index in [1.165, 1.54) is 18.4 Å². The highest BCUT2D eigenvalue weighted by Crippen LogP contribution is 2.20. The fourth-order valence-corrected chi connectivity index (χ4v) is 3.04. The monoisotopic (exact) mass is 291 g/mol.